The van der Waals surface area contributed by atoms with Crippen molar-refractivity contribution in [3.8, 4) is 11.1 Å². The lowest BCUT2D eigenvalue weighted by molar-refractivity contribution is 0.686. The summed E-state index contributed by atoms with van der Waals surface area (Å²) in [6, 6.07) is 2.86. The van der Waals surface area contributed by atoms with Gasteiger partial charge in [0.05, 0.1) is 0 Å². The van der Waals surface area contributed by atoms with Crippen molar-refractivity contribution in [3.63, 3.8) is 0 Å². The van der Waals surface area contributed by atoms with Crippen LogP contribution in [-0.2, 0) is 6.54 Å². The van der Waals surface area contributed by atoms with E-state index in [-0.39, 0.29) is 0 Å². The Morgan fingerprint density at radius 1 is 1.00 bits per heavy atom. The van der Waals surface area contributed by atoms with Crippen molar-refractivity contribution in [2.45, 2.75) is 25.4 Å². The summed E-state index contributed by atoms with van der Waals surface area (Å²) in [5.41, 5.74) is 3.28. The normalized spacial score (nSPS) is 14.8. The molecule has 0 spiro atoms. The maximum Gasteiger partial charge on any atom is 0.115 e. The molecule has 1 aliphatic rings. The van der Waals surface area contributed by atoms with Crippen LogP contribution < -0.4 is 5.32 Å². The first-order valence-corrected chi connectivity index (χ1v) is 5.84. The lowest BCUT2D eigenvalue weighted by Crippen LogP contribution is -2.15. The molecule has 1 aliphatic carbocycles. The van der Waals surface area contributed by atoms with Gasteiger partial charge in [0.15, 0.2) is 0 Å². The monoisotopic (exact) mass is 226 g/mol. The second-order valence-electron chi connectivity index (χ2n) is 4.36. The molecule has 3 rings (SSSR count). The third kappa shape index (κ3) is 2.65. The number of pyridine rings is 1. The SMILES string of the molecule is c1ncc(-c2cncc(CNC3CC3)c2)cn1. The average molecular weight is 226 g/mol. The van der Waals surface area contributed by atoms with Gasteiger partial charge in [-0.1, -0.05) is 0 Å². The lowest BCUT2D eigenvalue weighted by atomic mass is 10.1. The fourth-order valence-electron chi connectivity index (χ4n) is 1.74. The van der Waals surface area contributed by atoms with Gasteiger partial charge >= 0.3 is 0 Å². The maximum absolute atomic E-state index is 4.26. The topological polar surface area (TPSA) is 50.7 Å². The molecule has 0 atom stereocenters. The van der Waals surface area contributed by atoms with E-state index in [9.17, 15) is 0 Å². The largest absolute Gasteiger partial charge is 0.310 e. The van der Waals surface area contributed by atoms with Gasteiger partial charge in [-0.15, -0.1) is 0 Å². The first-order chi connectivity index (χ1) is 8.42. The second kappa shape index (κ2) is 4.59. The summed E-state index contributed by atoms with van der Waals surface area (Å²) >= 11 is 0. The van der Waals surface area contributed by atoms with Crippen LogP contribution in [0.3, 0.4) is 0 Å². The van der Waals surface area contributed by atoms with Crippen LogP contribution in [0.1, 0.15) is 18.4 Å². The number of nitrogens with one attached hydrogen (secondary N) is 1. The Hall–Kier alpha value is -1.81. The van der Waals surface area contributed by atoms with Gasteiger partial charge in [-0.2, -0.15) is 0 Å². The molecule has 2 heterocycles. The molecule has 1 fully saturated rings. The smallest absolute Gasteiger partial charge is 0.115 e. The minimum Gasteiger partial charge on any atom is -0.310 e. The van der Waals surface area contributed by atoms with E-state index in [0.717, 1.165) is 23.7 Å². The molecule has 0 aromatic carbocycles. The first kappa shape index (κ1) is 10.4. The van der Waals surface area contributed by atoms with Gasteiger partial charge in [-0.25, -0.2) is 9.97 Å². The van der Waals surface area contributed by atoms with Crippen molar-refractivity contribution < 1.29 is 0 Å². The van der Waals surface area contributed by atoms with Crippen LogP contribution in [0.5, 0.6) is 0 Å². The Bertz CT molecular complexity index is 494. The first-order valence-electron chi connectivity index (χ1n) is 5.84. The molecule has 0 amide bonds. The van der Waals surface area contributed by atoms with Gasteiger partial charge in [-0.3, -0.25) is 4.98 Å². The summed E-state index contributed by atoms with van der Waals surface area (Å²) in [4.78, 5) is 12.3. The van der Waals surface area contributed by atoms with Crippen molar-refractivity contribution in [2.24, 2.45) is 0 Å². The molecule has 4 nitrogen and oxygen atoms in total. The van der Waals surface area contributed by atoms with E-state index in [4.69, 9.17) is 0 Å². The third-order valence-corrected chi connectivity index (χ3v) is 2.86. The molecule has 0 saturated heterocycles. The molecule has 0 unspecified atom stereocenters. The maximum atomic E-state index is 4.26. The predicted octanol–water partition coefficient (Wildman–Crippen LogP) is 1.79. The quantitative estimate of drug-likeness (QED) is 0.863. The van der Waals surface area contributed by atoms with Crippen LogP contribution in [0.25, 0.3) is 11.1 Å². The Balaban J connectivity index is 1.78. The highest BCUT2D eigenvalue weighted by molar-refractivity contribution is 5.60. The molecular formula is C13H14N4. The molecule has 1 saturated carbocycles. The summed E-state index contributed by atoms with van der Waals surface area (Å²) in [5.74, 6) is 0. The highest BCUT2D eigenvalue weighted by Gasteiger charge is 2.19. The van der Waals surface area contributed by atoms with E-state index < -0.39 is 0 Å². The fraction of sp³-hybridized carbons (Fsp3) is 0.308. The summed E-state index contributed by atoms with van der Waals surface area (Å²) in [7, 11) is 0. The van der Waals surface area contributed by atoms with E-state index >= 15 is 0 Å². The third-order valence-electron chi connectivity index (χ3n) is 2.86. The van der Waals surface area contributed by atoms with Gasteiger partial charge < -0.3 is 5.32 Å². The summed E-state index contributed by atoms with van der Waals surface area (Å²) < 4.78 is 0. The standard InChI is InChI=1S/C13H14N4/c1-2-13(1)17-5-10-3-11(6-14-4-10)12-7-15-9-16-8-12/h3-4,6-9,13,17H,1-2,5H2. The van der Waals surface area contributed by atoms with Crippen molar-refractivity contribution >= 4 is 0 Å². The van der Waals surface area contributed by atoms with Crippen molar-refractivity contribution in [1.29, 1.82) is 0 Å². The Kier molecular flexibility index (Phi) is 2.80. The molecule has 2 aromatic heterocycles. The van der Waals surface area contributed by atoms with Gasteiger partial charge in [-0.05, 0) is 24.5 Å². The van der Waals surface area contributed by atoms with Crippen LogP contribution in [0, 0.1) is 0 Å². The number of aromatic nitrogens is 3. The van der Waals surface area contributed by atoms with Crippen molar-refractivity contribution in [1.82, 2.24) is 20.3 Å². The number of hydrogen-bond acceptors (Lipinski definition) is 4. The van der Waals surface area contributed by atoms with E-state index in [1.54, 1.807) is 0 Å². The van der Waals surface area contributed by atoms with E-state index in [1.165, 1.54) is 24.7 Å². The zero-order valence-electron chi connectivity index (χ0n) is 9.50. The molecule has 17 heavy (non-hydrogen) atoms. The van der Waals surface area contributed by atoms with Crippen molar-refractivity contribution in [2.75, 3.05) is 0 Å². The van der Waals surface area contributed by atoms with Gasteiger partial charge in [0.25, 0.3) is 0 Å². The second-order valence-corrected chi connectivity index (χ2v) is 4.36. The molecule has 1 N–H and O–H groups in total. The summed E-state index contributed by atoms with van der Waals surface area (Å²) in [5, 5.41) is 3.48. The zero-order chi connectivity index (χ0) is 11.5. The van der Waals surface area contributed by atoms with Crippen LogP contribution in [-0.4, -0.2) is 21.0 Å². The number of rotatable bonds is 4. The summed E-state index contributed by atoms with van der Waals surface area (Å²) in [6.07, 6.45) is 11.5. The predicted molar refractivity (Wildman–Crippen MR) is 65.1 cm³/mol. The fourth-order valence-corrected chi connectivity index (χ4v) is 1.74. The average Bonchev–Trinajstić information content (AvgIpc) is 3.22. The number of hydrogen-bond donors (Lipinski definition) is 1. The Morgan fingerprint density at radius 3 is 2.53 bits per heavy atom. The van der Waals surface area contributed by atoms with E-state index in [0.29, 0.717) is 0 Å². The van der Waals surface area contributed by atoms with E-state index in [2.05, 4.69) is 26.3 Å². The Labute approximate surface area is 100 Å². The molecule has 0 bridgehead atoms. The van der Waals surface area contributed by atoms with Crippen LogP contribution in [0.15, 0.2) is 37.2 Å². The van der Waals surface area contributed by atoms with Crippen LogP contribution >= 0.6 is 0 Å². The summed E-state index contributed by atoms with van der Waals surface area (Å²) in [6.45, 7) is 0.888. The van der Waals surface area contributed by atoms with Crippen LogP contribution in [0.4, 0.5) is 0 Å². The molecule has 0 aliphatic heterocycles. The van der Waals surface area contributed by atoms with E-state index in [1.807, 2.05) is 24.8 Å². The molecule has 86 valence electrons. The van der Waals surface area contributed by atoms with Gasteiger partial charge in [0.2, 0.25) is 0 Å². The lowest BCUT2D eigenvalue weighted by Gasteiger charge is -2.05. The zero-order valence-corrected chi connectivity index (χ0v) is 9.50. The molecule has 0 radical (unpaired) electrons. The van der Waals surface area contributed by atoms with Crippen molar-refractivity contribution in [3.05, 3.63) is 42.7 Å². The Morgan fingerprint density at radius 2 is 1.76 bits per heavy atom. The molecule has 4 heteroatoms. The van der Waals surface area contributed by atoms with Gasteiger partial charge in [0, 0.05) is 48.5 Å². The minimum absolute atomic E-state index is 0.721. The highest BCUT2D eigenvalue weighted by atomic mass is 14.9. The number of nitrogens with zero attached hydrogens (tertiary/aromatic N) is 3. The molecule has 2 aromatic rings. The van der Waals surface area contributed by atoms with Crippen LogP contribution in [0.2, 0.25) is 0 Å². The minimum atomic E-state index is 0.721. The molecular weight excluding hydrogens is 212 g/mol. The highest BCUT2D eigenvalue weighted by Crippen LogP contribution is 2.20. The van der Waals surface area contributed by atoms with Gasteiger partial charge in [0.1, 0.15) is 6.33 Å².